The summed E-state index contributed by atoms with van der Waals surface area (Å²) in [4.78, 5) is 44.5. The Morgan fingerprint density at radius 1 is 1.12 bits per heavy atom. The third kappa shape index (κ3) is 4.59. The molecule has 0 bridgehead atoms. The number of pyridine rings is 1. The van der Waals surface area contributed by atoms with E-state index in [-0.39, 0.29) is 17.3 Å². The molecule has 2 aromatic carbocycles. The van der Waals surface area contributed by atoms with Crippen molar-refractivity contribution in [1.82, 2.24) is 14.9 Å². The number of Topliss-reactive ketones (excluding diaryl/α,β-unsaturated/α-hetero) is 2. The van der Waals surface area contributed by atoms with Gasteiger partial charge in [-0.05, 0) is 92.9 Å². The normalized spacial score (nSPS) is 19.2. The van der Waals surface area contributed by atoms with Crippen LogP contribution in [-0.4, -0.2) is 57.5 Å². The number of aromatic carboxylic acids is 1. The Bertz CT molecular complexity index is 1800. The van der Waals surface area contributed by atoms with Crippen molar-refractivity contribution in [3.05, 3.63) is 77.2 Å². The van der Waals surface area contributed by atoms with Crippen LogP contribution in [0, 0.1) is 12.8 Å². The van der Waals surface area contributed by atoms with Crippen LogP contribution in [0.3, 0.4) is 0 Å². The molecule has 0 radical (unpaired) electrons. The van der Waals surface area contributed by atoms with Gasteiger partial charge in [0.1, 0.15) is 28.7 Å². The summed E-state index contributed by atoms with van der Waals surface area (Å²) in [5, 5.41) is 13.8. The van der Waals surface area contributed by atoms with Crippen molar-refractivity contribution < 1.29 is 29.0 Å². The number of aryl methyl sites for hydroxylation is 1. The molecule has 1 aliphatic carbocycles. The van der Waals surface area contributed by atoms with Gasteiger partial charge in [0.15, 0.2) is 11.6 Å². The summed E-state index contributed by atoms with van der Waals surface area (Å²) in [6, 6.07) is 12.5. The molecule has 4 heterocycles. The fourth-order valence-corrected chi connectivity index (χ4v) is 6.77. The molecule has 43 heavy (non-hydrogen) atoms. The van der Waals surface area contributed by atoms with Gasteiger partial charge in [-0.2, -0.15) is 0 Å². The van der Waals surface area contributed by atoms with E-state index in [1.54, 1.807) is 30.3 Å². The summed E-state index contributed by atoms with van der Waals surface area (Å²) >= 11 is 0. The van der Waals surface area contributed by atoms with Gasteiger partial charge in [-0.25, -0.2) is 9.78 Å². The molecule has 7 rings (SSSR count). The van der Waals surface area contributed by atoms with Crippen LogP contribution < -0.4 is 14.8 Å². The van der Waals surface area contributed by atoms with E-state index in [2.05, 4.69) is 28.0 Å². The Morgan fingerprint density at radius 3 is 2.60 bits per heavy atom. The first-order valence-corrected chi connectivity index (χ1v) is 14.9. The zero-order valence-corrected chi connectivity index (χ0v) is 24.2. The molecule has 1 saturated carbocycles. The molecule has 2 aromatic heterocycles. The maximum Gasteiger partial charge on any atom is 0.354 e. The number of ketones is 2. The standard InChI is InChI=1S/C34H33N3O6/c1-3-42-28-17-22(16-26-29(28)19(2)18-37(26)23-5-6-23)31(38)30-32(39)24-14-20(21-8-11-36-25(15-21)33(40)41)4-7-27(24)43-34(30)9-12-35-13-10-34/h4,7-8,11,14-18,23,30,35H,3,5-6,9-10,12-13H2,1-2H3,(H,40,41)/t30-/m1/s1. The largest absolute Gasteiger partial charge is 0.493 e. The number of piperidine rings is 1. The van der Waals surface area contributed by atoms with Crippen molar-refractivity contribution in [3.8, 4) is 22.6 Å². The highest BCUT2D eigenvalue weighted by molar-refractivity contribution is 6.19. The van der Waals surface area contributed by atoms with E-state index in [9.17, 15) is 19.5 Å². The van der Waals surface area contributed by atoms with Crippen molar-refractivity contribution in [2.75, 3.05) is 19.7 Å². The molecule has 2 N–H and O–H groups in total. The molecule has 2 fully saturated rings. The molecule has 4 aromatic rings. The second-order valence-electron chi connectivity index (χ2n) is 11.8. The molecule has 220 valence electrons. The van der Waals surface area contributed by atoms with E-state index in [1.165, 1.54) is 12.3 Å². The Labute approximate surface area is 248 Å². The quantitative estimate of drug-likeness (QED) is 0.213. The molecule has 3 aliphatic rings. The first kappa shape index (κ1) is 27.3. The minimum absolute atomic E-state index is 0.0915. The van der Waals surface area contributed by atoms with Gasteiger partial charge in [0.05, 0.1) is 17.7 Å². The van der Waals surface area contributed by atoms with Crippen molar-refractivity contribution >= 4 is 28.4 Å². The number of benzene rings is 2. The molecule has 1 spiro atoms. The minimum Gasteiger partial charge on any atom is -0.493 e. The van der Waals surface area contributed by atoms with Crippen LogP contribution in [0.15, 0.2) is 54.9 Å². The third-order valence-corrected chi connectivity index (χ3v) is 8.98. The topological polar surface area (TPSA) is 120 Å². The van der Waals surface area contributed by atoms with E-state index in [0.29, 0.717) is 72.3 Å². The maximum absolute atomic E-state index is 14.6. The lowest BCUT2D eigenvalue weighted by Gasteiger charge is -2.45. The van der Waals surface area contributed by atoms with Gasteiger partial charge < -0.3 is 24.5 Å². The summed E-state index contributed by atoms with van der Waals surface area (Å²) in [6.07, 6.45) is 6.79. The highest BCUT2D eigenvalue weighted by atomic mass is 16.5. The molecule has 1 saturated heterocycles. The smallest absolute Gasteiger partial charge is 0.354 e. The lowest BCUT2D eigenvalue weighted by molar-refractivity contribution is -0.0138. The minimum atomic E-state index is -1.14. The number of carboxylic acid groups (broad SMARTS) is 1. The summed E-state index contributed by atoms with van der Waals surface area (Å²) in [5.74, 6) is -1.64. The van der Waals surface area contributed by atoms with Crippen LogP contribution in [0.1, 0.15) is 75.4 Å². The Balaban J connectivity index is 1.34. The zero-order chi connectivity index (χ0) is 29.9. The Morgan fingerprint density at radius 2 is 1.88 bits per heavy atom. The fraction of sp³-hybridized carbons (Fsp3) is 0.353. The number of fused-ring (bicyclic) bond motifs is 2. The molecule has 0 amide bonds. The fourth-order valence-electron chi connectivity index (χ4n) is 6.77. The number of hydrogen-bond donors (Lipinski definition) is 2. The van der Waals surface area contributed by atoms with Gasteiger partial charge in [0.25, 0.3) is 0 Å². The predicted molar refractivity (Wildman–Crippen MR) is 160 cm³/mol. The SMILES string of the molecule is CCOc1cc(C(=O)[C@@H]2C(=O)c3cc(-c4ccnc(C(=O)O)c4)ccc3OC23CCNCC3)cc2c1c(C)cn2C1CC1. The number of nitrogens with zero attached hydrogens (tertiary/aromatic N) is 2. The molecular weight excluding hydrogens is 546 g/mol. The van der Waals surface area contributed by atoms with Crippen LogP contribution in [0.2, 0.25) is 0 Å². The van der Waals surface area contributed by atoms with E-state index in [0.717, 1.165) is 29.3 Å². The number of carbonyl (C=O) groups excluding carboxylic acids is 2. The summed E-state index contributed by atoms with van der Waals surface area (Å²) in [6.45, 7) is 5.70. The second-order valence-corrected chi connectivity index (χ2v) is 11.8. The highest BCUT2D eigenvalue weighted by Gasteiger charge is 2.54. The lowest BCUT2D eigenvalue weighted by atomic mass is 9.70. The number of nitrogens with one attached hydrogen (secondary N) is 1. The van der Waals surface area contributed by atoms with Gasteiger partial charge >= 0.3 is 5.97 Å². The number of aromatic nitrogens is 2. The average molecular weight is 580 g/mol. The molecule has 9 heteroatoms. The van der Waals surface area contributed by atoms with Crippen molar-refractivity contribution in [3.63, 3.8) is 0 Å². The Hall–Kier alpha value is -4.50. The van der Waals surface area contributed by atoms with Gasteiger partial charge in [-0.3, -0.25) is 9.59 Å². The Kier molecular flexibility index (Phi) is 6.58. The van der Waals surface area contributed by atoms with Crippen LogP contribution in [-0.2, 0) is 0 Å². The number of carbonyl (C=O) groups is 3. The van der Waals surface area contributed by atoms with Gasteiger partial charge in [-0.15, -0.1) is 0 Å². The molecule has 0 unspecified atom stereocenters. The number of carboxylic acids is 1. The summed E-state index contributed by atoms with van der Waals surface area (Å²) in [5.41, 5.74) is 2.99. The summed E-state index contributed by atoms with van der Waals surface area (Å²) < 4.78 is 15.0. The predicted octanol–water partition coefficient (Wildman–Crippen LogP) is 5.64. The molecular formula is C34H33N3O6. The van der Waals surface area contributed by atoms with Crippen molar-refractivity contribution in [1.29, 1.82) is 0 Å². The first-order valence-electron chi connectivity index (χ1n) is 14.9. The van der Waals surface area contributed by atoms with E-state index >= 15 is 0 Å². The number of rotatable bonds is 7. The molecule has 9 nitrogen and oxygen atoms in total. The van der Waals surface area contributed by atoms with E-state index in [4.69, 9.17) is 9.47 Å². The highest BCUT2D eigenvalue weighted by Crippen LogP contribution is 2.46. The van der Waals surface area contributed by atoms with Crippen molar-refractivity contribution in [2.45, 2.75) is 51.2 Å². The van der Waals surface area contributed by atoms with Gasteiger partial charge in [-0.1, -0.05) is 6.07 Å². The van der Waals surface area contributed by atoms with Gasteiger partial charge in [0, 0.05) is 42.2 Å². The molecule has 1 atom stereocenters. The maximum atomic E-state index is 14.6. The number of ether oxygens (including phenoxy) is 2. The van der Waals surface area contributed by atoms with Crippen LogP contribution in [0.4, 0.5) is 0 Å². The summed E-state index contributed by atoms with van der Waals surface area (Å²) in [7, 11) is 0. The zero-order valence-electron chi connectivity index (χ0n) is 24.2. The van der Waals surface area contributed by atoms with Crippen LogP contribution >= 0.6 is 0 Å². The monoisotopic (exact) mass is 579 g/mol. The van der Waals surface area contributed by atoms with E-state index in [1.807, 2.05) is 13.0 Å². The third-order valence-electron chi connectivity index (χ3n) is 8.98. The lowest BCUT2D eigenvalue weighted by Crippen LogP contribution is -2.58. The molecule has 2 aliphatic heterocycles. The van der Waals surface area contributed by atoms with Crippen molar-refractivity contribution in [2.24, 2.45) is 5.92 Å². The van der Waals surface area contributed by atoms with Crippen LogP contribution in [0.25, 0.3) is 22.0 Å². The van der Waals surface area contributed by atoms with Crippen LogP contribution in [0.5, 0.6) is 11.5 Å². The number of hydrogen-bond acceptors (Lipinski definition) is 7. The van der Waals surface area contributed by atoms with Gasteiger partial charge in [0.2, 0.25) is 0 Å². The first-order chi connectivity index (χ1) is 20.8. The average Bonchev–Trinajstić information content (AvgIpc) is 3.80. The van der Waals surface area contributed by atoms with E-state index < -0.39 is 17.5 Å². The second kappa shape index (κ2) is 10.3.